The highest BCUT2D eigenvalue weighted by Gasteiger charge is 2.49. The molecule has 4 aromatic rings. The van der Waals surface area contributed by atoms with Gasteiger partial charge in [-0.25, -0.2) is 4.52 Å². The minimum atomic E-state index is -0.733. The van der Waals surface area contributed by atoms with E-state index >= 15 is 0 Å². The number of aliphatic hydroxyl groups is 1. The molecule has 42 heavy (non-hydrogen) atoms. The molecule has 1 saturated carbocycles. The molecule has 218 valence electrons. The number of rotatable bonds is 6. The van der Waals surface area contributed by atoms with E-state index in [9.17, 15) is 9.90 Å². The van der Waals surface area contributed by atoms with Crippen LogP contribution in [0.3, 0.4) is 0 Å². The average molecular weight is 566 g/mol. The molecule has 2 aromatic carbocycles. The van der Waals surface area contributed by atoms with Crippen molar-refractivity contribution in [3.63, 3.8) is 0 Å². The Kier molecular flexibility index (Phi) is 6.86. The molecule has 9 nitrogen and oxygen atoms in total. The summed E-state index contributed by atoms with van der Waals surface area (Å²) in [4.78, 5) is 24.6. The summed E-state index contributed by atoms with van der Waals surface area (Å²) in [5.41, 5.74) is 3.69. The Hall–Kier alpha value is -3.95. The standard InChI is InChI=1S/C33H39N7O2/c1-37-17-14-28(15-18-37)38(2)31(41)23-10-12-27(13-11-23)34-32-35-30-29(9-6-16-40(30)36-32)39-21-24-19-33(42,20-25(24)22-39)26-7-4-3-5-8-26/h3-13,16,24-25,28,42H,14-15,17-22H2,1-2H3,(H,34,36)/t24-,25+,33+. The Labute approximate surface area is 246 Å². The van der Waals surface area contributed by atoms with Crippen molar-refractivity contribution in [2.75, 3.05) is 50.5 Å². The van der Waals surface area contributed by atoms with E-state index in [1.54, 1.807) is 0 Å². The number of nitrogens with one attached hydrogen (secondary N) is 1. The molecule has 1 aliphatic carbocycles. The molecule has 1 amide bonds. The predicted molar refractivity (Wildman–Crippen MR) is 164 cm³/mol. The van der Waals surface area contributed by atoms with E-state index < -0.39 is 5.60 Å². The van der Waals surface area contributed by atoms with Crippen LogP contribution in [-0.2, 0) is 5.60 Å². The summed E-state index contributed by atoms with van der Waals surface area (Å²) in [7, 11) is 4.05. The number of hydrogen-bond donors (Lipinski definition) is 2. The summed E-state index contributed by atoms with van der Waals surface area (Å²) >= 11 is 0. The van der Waals surface area contributed by atoms with Crippen molar-refractivity contribution in [1.82, 2.24) is 24.4 Å². The van der Waals surface area contributed by atoms with Crippen molar-refractivity contribution in [2.24, 2.45) is 11.8 Å². The van der Waals surface area contributed by atoms with Gasteiger partial charge in [0, 0.05) is 43.6 Å². The van der Waals surface area contributed by atoms with Gasteiger partial charge in [-0.3, -0.25) is 4.79 Å². The normalized spacial score (nSPS) is 24.7. The van der Waals surface area contributed by atoms with Gasteiger partial charge in [-0.1, -0.05) is 30.3 Å². The zero-order valence-corrected chi connectivity index (χ0v) is 24.4. The number of hydrogen-bond acceptors (Lipinski definition) is 7. The maximum atomic E-state index is 13.1. The van der Waals surface area contributed by atoms with Gasteiger partial charge in [-0.05, 0) is 99.6 Å². The second kappa shape index (κ2) is 10.7. The number of likely N-dealkylation sites (tertiary alicyclic amines) is 1. The third-order valence-electron chi connectivity index (χ3n) is 9.71. The molecule has 3 aliphatic rings. The van der Waals surface area contributed by atoms with E-state index in [0.29, 0.717) is 23.3 Å². The van der Waals surface area contributed by atoms with Gasteiger partial charge in [0.15, 0.2) is 5.65 Å². The minimum absolute atomic E-state index is 0.0594. The van der Waals surface area contributed by atoms with Gasteiger partial charge in [0.2, 0.25) is 5.95 Å². The number of fused-ring (bicyclic) bond motifs is 2. The molecule has 2 saturated heterocycles. The summed E-state index contributed by atoms with van der Waals surface area (Å²) in [6.07, 6.45) is 5.51. The maximum absolute atomic E-state index is 13.1. The van der Waals surface area contributed by atoms with Crippen LogP contribution in [0.4, 0.5) is 17.3 Å². The third kappa shape index (κ3) is 5.01. The van der Waals surface area contributed by atoms with Crippen LogP contribution in [0.2, 0.25) is 0 Å². The summed E-state index contributed by atoms with van der Waals surface area (Å²) in [5.74, 6) is 1.46. The Morgan fingerprint density at radius 2 is 1.67 bits per heavy atom. The highest BCUT2D eigenvalue weighted by molar-refractivity contribution is 5.94. The lowest BCUT2D eigenvalue weighted by atomic mass is 9.90. The summed E-state index contributed by atoms with van der Waals surface area (Å²) < 4.78 is 1.82. The molecule has 2 N–H and O–H groups in total. The van der Waals surface area contributed by atoms with E-state index in [4.69, 9.17) is 4.98 Å². The topological polar surface area (TPSA) is 89.2 Å². The first kappa shape index (κ1) is 26.9. The van der Waals surface area contributed by atoms with Crippen LogP contribution in [0, 0.1) is 11.8 Å². The van der Waals surface area contributed by atoms with Crippen LogP contribution in [0.5, 0.6) is 0 Å². The quantitative estimate of drug-likeness (QED) is 0.359. The molecule has 0 bridgehead atoms. The molecule has 0 radical (unpaired) electrons. The number of amides is 1. The Morgan fingerprint density at radius 3 is 2.36 bits per heavy atom. The van der Waals surface area contributed by atoms with Gasteiger partial charge in [0.1, 0.15) is 0 Å². The zero-order valence-electron chi connectivity index (χ0n) is 24.4. The van der Waals surface area contributed by atoms with Crippen molar-refractivity contribution in [3.05, 3.63) is 84.1 Å². The van der Waals surface area contributed by atoms with Crippen LogP contribution in [0.25, 0.3) is 5.65 Å². The third-order valence-corrected chi connectivity index (χ3v) is 9.71. The van der Waals surface area contributed by atoms with Gasteiger partial charge in [0.05, 0.1) is 11.3 Å². The van der Waals surface area contributed by atoms with Gasteiger partial charge in [-0.15, -0.1) is 5.10 Å². The lowest BCUT2D eigenvalue weighted by molar-refractivity contribution is 0.0365. The Morgan fingerprint density at radius 1 is 0.976 bits per heavy atom. The Balaban J connectivity index is 1.02. The molecular weight excluding hydrogens is 526 g/mol. The first-order valence-corrected chi connectivity index (χ1v) is 15.1. The first-order valence-electron chi connectivity index (χ1n) is 15.1. The summed E-state index contributed by atoms with van der Waals surface area (Å²) in [5, 5.41) is 19.4. The highest BCUT2D eigenvalue weighted by atomic mass is 16.3. The minimum Gasteiger partial charge on any atom is -0.385 e. The Bertz CT molecular complexity index is 1550. The van der Waals surface area contributed by atoms with Crippen molar-refractivity contribution in [1.29, 1.82) is 0 Å². The number of aromatic nitrogens is 3. The molecule has 0 unspecified atom stereocenters. The number of carbonyl (C=O) groups is 1. The second-order valence-electron chi connectivity index (χ2n) is 12.5. The average Bonchev–Trinajstić information content (AvgIpc) is 3.69. The molecule has 3 atom stereocenters. The van der Waals surface area contributed by atoms with Crippen molar-refractivity contribution in [3.8, 4) is 0 Å². The number of anilines is 3. The number of pyridine rings is 1. The van der Waals surface area contributed by atoms with Crippen LogP contribution >= 0.6 is 0 Å². The van der Waals surface area contributed by atoms with Crippen molar-refractivity contribution < 1.29 is 9.90 Å². The van der Waals surface area contributed by atoms with Gasteiger partial charge >= 0.3 is 0 Å². The van der Waals surface area contributed by atoms with E-state index in [0.717, 1.165) is 74.4 Å². The van der Waals surface area contributed by atoms with Crippen LogP contribution < -0.4 is 10.2 Å². The number of benzene rings is 2. The van der Waals surface area contributed by atoms with Crippen molar-refractivity contribution in [2.45, 2.75) is 37.3 Å². The highest BCUT2D eigenvalue weighted by Crippen LogP contribution is 2.49. The molecule has 2 aromatic heterocycles. The molecule has 7 rings (SSSR count). The molecule has 0 spiro atoms. The zero-order chi connectivity index (χ0) is 28.8. The fourth-order valence-electron chi connectivity index (χ4n) is 7.30. The molecule has 3 fully saturated rings. The molecule has 9 heteroatoms. The molecule has 4 heterocycles. The van der Waals surface area contributed by atoms with E-state index in [1.807, 2.05) is 83.3 Å². The SMILES string of the molecule is CN1CCC(N(C)C(=O)c2ccc(Nc3nc4c(N5C[C@@H]6C[C@](O)(c7ccccc7)C[C@@H]6C5)cccn4n3)cc2)CC1. The molecule has 2 aliphatic heterocycles. The number of nitrogens with zero attached hydrogens (tertiary/aromatic N) is 6. The lowest BCUT2D eigenvalue weighted by Gasteiger charge is -2.35. The monoisotopic (exact) mass is 565 g/mol. The predicted octanol–water partition coefficient (Wildman–Crippen LogP) is 4.37. The fourth-order valence-corrected chi connectivity index (χ4v) is 7.30. The molecular formula is C33H39N7O2. The van der Waals surface area contributed by atoms with Crippen molar-refractivity contribution >= 4 is 28.9 Å². The van der Waals surface area contributed by atoms with Crippen LogP contribution in [0.15, 0.2) is 72.9 Å². The lowest BCUT2D eigenvalue weighted by Crippen LogP contribution is -2.44. The number of piperidine rings is 1. The second-order valence-corrected chi connectivity index (χ2v) is 12.5. The van der Waals surface area contributed by atoms with Gasteiger partial charge in [-0.2, -0.15) is 4.98 Å². The van der Waals surface area contributed by atoms with E-state index in [1.165, 1.54) is 0 Å². The maximum Gasteiger partial charge on any atom is 0.253 e. The summed E-state index contributed by atoms with van der Waals surface area (Å²) in [6, 6.07) is 22.1. The van der Waals surface area contributed by atoms with Crippen LogP contribution in [-0.4, -0.2) is 81.7 Å². The van der Waals surface area contributed by atoms with E-state index in [-0.39, 0.29) is 11.9 Å². The van der Waals surface area contributed by atoms with Crippen LogP contribution in [0.1, 0.15) is 41.6 Å². The number of carbonyl (C=O) groups excluding carboxylic acids is 1. The smallest absolute Gasteiger partial charge is 0.253 e. The summed E-state index contributed by atoms with van der Waals surface area (Å²) in [6.45, 7) is 3.85. The first-order chi connectivity index (χ1) is 20.4. The van der Waals surface area contributed by atoms with Gasteiger partial charge in [0.25, 0.3) is 5.91 Å². The fraction of sp³-hybridized carbons (Fsp3) is 0.424. The van der Waals surface area contributed by atoms with Gasteiger partial charge < -0.3 is 25.1 Å². The van der Waals surface area contributed by atoms with E-state index in [2.05, 4.69) is 33.3 Å². The largest absolute Gasteiger partial charge is 0.385 e.